The molecule has 4 nitrogen and oxygen atoms in total. The Morgan fingerprint density at radius 1 is 1.52 bits per heavy atom. The Hall–Kier alpha value is -1.05. The molecule has 0 spiro atoms. The van der Waals surface area contributed by atoms with E-state index in [-0.39, 0.29) is 6.42 Å². The van der Waals surface area contributed by atoms with Crippen LogP contribution in [0.5, 0.6) is 5.75 Å². The van der Waals surface area contributed by atoms with Crippen LogP contribution in [0.2, 0.25) is 0 Å². The van der Waals surface area contributed by atoms with Gasteiger partial charge in [0.15, 0.2) is 4.34 Å². The molecule has 0 bridgehead atoms. The number of halogens is 1. The molecular formula is C14H14BrNO3S2. The Morgan fingerprint density at radius 2 is 2.29 bits per heavy atom. The van der Waals surface area contributed by atoms with E-state index in [4.69, 9.17) is 9.84 Å². The van der Waals surface area contributed by atoms with Crippen LogP contribution in [0, 0.1) is 6.92 Å². The van der Waals surface area contributed by atoms with E-state index in [2.05, 4.69) is 20.9 Å². The first-order valence-electron chi connectivity index (χ1n) is 6.13. The highest BCUT2D eigenvalue weighted by atomic mass is 79.9. The molecular weight excluding hydrogens is 374 g/mol. The normalized spacial score (nSPS) is 10.6. The third-order valence-electron chi connectivity index (χ3n) is 2.79. The fourth-order valence-corrected chi connectivity index (χ4v) is 4.48. The molecule has 1 heterocycles. The van der Waals surface area contributed by atoms with Gasteiger partial charge in [-0.05, 0) is 30.7 Å². The van der Waals surface area contributed by atoms with Crippen molar-refractivity contribution in [2.24, 2.45) is 0 Å². The highest BCUT2D eigenvalue weighted by Gasteiger charge is 2.12. The summed E-state index contributed by atoms with van der Waals surface area (Å²) in [6.07, 6.45) is 0.0346. The quantitative estimate of drug-likeness (QED) is 0.754. The maximum atomic E-state index is 10.8. The zero-order chi connectivity index (χ0) is 15.4. The van der Waals surface area contributed by atoms with Crippen molar-refractivity contribution in [3.8, 4) is 5.75 Å². The smallest absolute Gasteiger partial charge is 0.308 e. The number of carbonyl (C=O) groups is 1. The molecule has 0 radical (unpaired) electrons. The van der Waals surface area contributed by atoms with Crippen molar-refractivity contribution in [2.75, 3.05) is 7.11 Å². The summed E-state index contributed by atoms with van der Waals surface area (Å²) in [4.78, 5) is 16.0. The van der Waals surface area contributed by atoms with Gasteiger partial charge in [-0.1, -0.05) is 27.7 Å². The minimum atomic E-state index is -0.825. The zero-order valence-corrected chi connectivity index (χ0v) is 14.8. The summed E-state index contributed by atoms with van der Waals surface area (Å²) >= 11 is 6.57. The number of aliphatic carboxylic acids is 1. The van der Waals surface area contributed by atoms with Gasteiger partial charge in [-0.2, -0.15) is 0 Å². The third-order valence-corrected chi connectivity index (χ3v) is 5.91. The second kappa shape index (κ2) is 7.29. The molecule has 21 heavy (non-hydrogen) atoms. The van der Waals surface area contributed by atoms with E-state index in [1.54, 1.807) is 18.9 Å². The minimum Gasteiger partial charge on any atom is -0.497 e. The molecule has 0 aliphatic heterocycles. The van der Waals surface area contributed by atoms with Gasteiger partial charge >= 0.3 is 5.97 Å². The molecule has 0 saturated carbocycles. The minimum absolute atomic E-state index is 0.0346. The number of carboxylic acid groups (broad SMARTS) is 1. The molecule has 112 valence electrons. The number of methoxy groups -OCH3 is 1. The first-order valence-corrected chi connectivity index (χ1v) is 8.72. The van der Waals surface area contributed by atoms with Crippen LogP contribution in [0.4, 0.5) is 0 Å². The first-order chi connectivity index (χ1) is 9.99. The highest BCUT2D eigenvalue weighted by molar-refractivity contribution is 9.10. The Bertz CT molecular complexity index is 658. The average Bonchev–Trinajstić information content (AvgIpc) is 2.77. The number of aromatic nitrogens is 1. The van der Waals surface area contributed by atoms with Gasteiger partial charge in [0, 0.05) is 15.1 Å². The largest absolute Gasteiger partial charge is 0.497 e. The molecule has 0 amide bonds. The molecule has 7 heteroatoms. The first kappa shape index (κ1) is 16.3. The molecule has 2 rings (SSSR count). The van der Waals surface area contributed by atoms with Crippen molar-refractivity contribution >= 4 is 45.0 Å². The van der Waals surface area contributed by atoms with E-state index in [1.165, 1.54) is 11.3 Å². The standard InChI is InChI=1S/C14H14BrNO3S2/c1-8-12(6-13(17)18)21-14(16-8)20-7-9-5-10(19-2)3-4-11(9)15/h3-5H,6-7H2,1-2H3,(H,17,18). The number of hydrogen-bond acceptors (Lipinski definition) is 5. The molecule has 0 aliphatic carbocycles. The molecule has 0 aliphatic rings. The van der Waals surface area contributed by atoms with Crippen molar-refractivity contribution < 1.29 is 14.6 Å². The van der Waals surface area contributed by atoms with E-state index in [1.807, 2.05) is 25.1 Å². The van der Waals surface area contributed by atoms with E-state index < -0.39 is 5.97 Å². The highest BCUT2D eigenvalue weighted by Crippen LogP contribution is 2.33. The topological polar surface area (TPSA) is 59.4 Å². The van der Waals surface area contributed by atoms with Crippen molar-refractivity contribution in [1.29, 1.82) is 0 Å². The van der Waals surface area contributed by atoms with E-state index in [0.717, 1.165) is 36.4 Å². The summed E-state index contributed by atoms with van der Waals surface area (Å²) in [6.45, 7) is 1.85. The summed E-state index contributed by atoms with van der Waals surface area (Å²) in [5.41, 5.74) is 1.92. The van der Waals surface area contributed by atoms with E-state index in [9.17, 15) is 4.79 Å². The van der Waals surface area contributed by atoms with Gasteiger partial charge < -0.3 is 9.84 Å². The molecule has 1 aromatic carbocycles. The monoisotopic (exact) mass is 387 g/mol. The zero-order valence-electron chi connectivity index (χ0n) is 11.6. The van der Waals surface area contributed by atoms with Crippen LogP contribution in [0.15, 0.2) is 27.0 Å². The summed E-state index contributed by atoms with van der Waals surface area (Å²) in [7, 11) is 1.64. The number of thiazole rings is 1. The van der Waals surface area contributed by atoms with Crippen LogP contribution >= 0.6 is 39.0 Å². The number of benzene rings is 1. The van der Waals surface area contributed by atoms with Crippen LogP contribution in [0.1, 0.15) is 16.1 Å². The van der Waals surface area contributed by atoms with Crippen LogP contribution in [0.25, 0.3) is 0 Å². The van der Waals surface area contributed by atoms with Gasteiger partial charge in [-0.3, -0.25) is 4.79 Å². The van der Waals surface area contributed by atoms with Crippen molar-refractivity contribution in [3.63, 3.8) is 0 Å². The number of rotatable bonds is 6. The van der Waals surface area contributed by atoms with Gasteiger partial charge in [-0.15, -0.1) is 11.3 Å². The number of nitrogens with zero attached hydrogens (tertiary/aromatic N) is 1. The van der Waals surface area contributed by atoms with Gasteiger partial charge in [0.05, 0.1) is 19.2 Å². The lowest BCUT2D eigenvalue weighted by atomic mass is 10.2. The number of ether oxygens (including phenoxy) is 1. The Morgan fingerprint density at radius 3 is 2.95 bits per heavy atom. The number of thioether (sulfide) groups is 1. The van der Waals surface area contributed by atoms with Crippen LogP contribution in [-0.4, -0.2) is 23.2 Å². The van der Waals surface area contributed by atoms with Gasteiger partial charge in [0.1, 0.15) is 5.75 Å². The number of hydrogen-bond donors (Lipinski definition) is 1. The van der Waals surface area contributed by atoms with Crippen molar-refractivity contribution in [1.82, 2.24) is 4.98 Å². The average molecular weight is 388 g/mol. The lowest BCUT2D eigenvalue weighted by molar-refractivity contribution is -0.136. The number of aryl methyl sites for hydroxylation is 1. The molecule has 2 aromatic rings. The van der Waals surface area contributed by atoms with Gasteiger partial charge in [-0.25, -0.2) is 4.98 Å². The van der Waals surface area contributed by atoms with Crippen LogP contribution < -0.4 is 4.74 Å². The number of carboxylic acids is 1. The lowest BCUT2D eigenvalue weighted by Gasteiger charge is -2.06. The second-order valence-electron chi connectivity index (χ2n) is 4.30. The maximum Gasteiger partial charge on any atom is 0.308 e. The fourth-order valence-electron chi connectivity index (χ4n) is 1.69. The predicted molar refractivity (Wildman–Crippen MR) is 88.4 cm³/mol. The summed E-state index contributed by atoms with van der Waals surface area (Å²) in [6, 6.07) is 5.84. The summed E-state index contributed by atoms with van der Waals surface area (Å²) < 4.78 is 7.13. The van der Waals surface area contributed by atoms with Crippen LogP contribution in [-0.2, 0) is 17.0 Å². The molecule has 1 N–H and O–H groups in total. The second-order valence-corrected chi connectivity index (χ2v) is 7.47. The van der Waals surface area contributed by atoms with Crippen molar-refractivity contribution in [3.05, 3.63) is 38.8 Å². The van der Waals surface area contributed by atoms with Crippen LogP contribution in [0.3, 0.4) is 0 Å². The predicted octanol–water partition coefficient (Wildman–Crippen LogP) is 4.14. The van der Waals surface area contributed by atoms with Crippen molar-refractivity contribution in [2.45, 2.75) is 23.4 Å². The van der Waals surface area contributed by atoms with Gasteiger partial charge in [0.2, 0.25) is 0 Å². The van der Waals surface area contributed by atoms with Gasteiger partial charge in [0.25, 0.3) is 0 Å². The molecule has 0 saturated heterocycles. The van der Waals surface area contributed by atoms with E-state index >= 15 is 0 Å². The molecule has 1 aromatic heterocycles. The molecule has 0 fully saturated rings. The fraction of sp³-hybridized carbons (Fsp3) is 0.286. The summed E-state index contributed by atoms with van der Waals surface area (Å²) in [5, 5.41) is 8.85. The summed E-state index contributed by atoms with van der Waals surface area (Å²) in [5.74, 6) is 0.738. The molecule has 0 atom stereocenters. The Balaban J connectivity index is 2.08. The SMILES string of the molecule is COc1ccc(Br)c(CSc2nc(C)c(CC(=O)O)s2)c1. The Kier molecular flexibility index (Phi) is 5.66. The van der Waals surface area contributed by atoms with E-state index in [0.29, 0.717) is 0 Å². The maximum absolute atomic E-state index is 10.8. The lowest BCUT2D eigenvalue weighted by Crippen LogP contribution is -1.99. The third kappa shape index (κ3) is 4.46. The molecule has 0 unspecified atom stereocenters. The Labute approximate surface area is 139 Å².